The molecule has 0 radical (unpaired) electrons. The number of fused-ring (bicyclic) bond motifs is 5. The summed E-state index contributed by atoms with van der Waals surface area (Å²) in [4.78, 5) is 26.1. The average Bonchev–Trinajstić information content (AvgIpc) is 3.21. The summed E-state index contributed by atoms with van der Waals surface area (Å²) in [5, 5.41) is 1.02. The molecule has 2 amide bonds. The molecule has 5 rings (SSSR count). The molecule has 3 aromatic rings. The van der Waals surface area contributed by atoms with Crippen LogP contribution in [-0.4, -0.2) is 45.1 Å². The van der Waals surface area contributed by atoms with E-state index in [9.17, 15) is 4.79 Å². The highest BCUT2D eigenvalue weighted by atomic mass is 16.2. The Labute approximate surface area is 151 Å². The lowest BCUT2D eigenvalue weighted by Crippen LogP contribution is -2.45. The molecule has 0 bridgehead atoms. The van der Waals surface area contributed by atoms with E-state index in [4.69, 9.17) is 10.7 Å². The molecule has 2 aromatic heterocycles. The van der Waals surface area contributed by atoms with Crippen LogP contribution < -0.4 is 10.6 Å². The number of hydrogen-bond donors (Lipinski definition) is 1. The van der Waals surface area contributed by atoms with Crippen LogP contribution in [0.3, 0.4) is 0 Å². The summed E-state index contributed by atoms with van der Waals surface area (Å²) >= 11 is 0. The number of carbonyl (C=O) groups excluding carboxylic acids is 1. The maximum absolute atomic E-state index is 13.1. The van der Waals surface area contributed by atoms with Gasteiger partial charge in [-0.3, -0.25) is 4.90 Å². The van der Waals surface area contributed by atoms with Crippen molar-refractivity contribution in [3.05, 3.63) is 24.3 Å². The third kappa shape index (κ3) is 2.09. The first-order chi connectivity index (χ1) is 12.6. The van der Waals surface area contributed by atoms with Gasteiger partial charge in [0.05, 0.1) is 23.6 Å². The van der Waals surface area contributed by atoms with Gasteiger partial charge in [-0.05, 0) is 32.3 Å². The number of aromatic nitrogens is 3. The second kappa shape index (κ2) is 5.59. The fraction of sp³-hybridized carbons (Fsp3) is 0.421. The smallest absolute Gasteiger partial charge is 0.326 e. The molecule has 134 valence electrons. The highest BCUT2D eigenvalue weighted by Crippen LogP contribution is 2.38. The fourth-order valence-electron chi connectivity index (χ4n) is 4.27. The number of carbonyl (C=O) groups is 1. The minimum atomic E-state index is 0.0569. The van der Waals surface area contributed by atoms with Gasteiger partial charge in [0.15, 0.2) is 5.82 Å². The Bertz CT molecular complexity index is 1020. The molecule has 7 nitrogen and oxygen atoms in total. The predicted octanol–water partition coefficient (Wildman–Crippen LogP) is 3.15. The number of rotatable bonds is 0. The third-order valence-electron chi connectivity index (χ3n) is 5.52. The first-order valence-corrected chi connectivity index (χ1v) is 9.28. The molecular formula is C19H22N6O. The van der Waals surface area contributed by atoms with E-state index in [2.05, 4.69) is 16.5 Å². The van der Waals surface area contributed by atoms with Crippen molar-refractivity contribution in [3.63, 3.8) is 0 Å². The Morgan fingerprint density at radius 3 is 2.73 bits per heavy atom. The van der Waals surface area contributed by atoms with E-state index in [0.29, 0.717) is 23.8 Å². The SMILES string of the molecule is CC1CN(C(=O)N2CCCCC2)c2nc3c(N)nc4ccccc4c3n21. The Hall–Kier alpha value is -2.83. The maximum atomic E-state index is 13.1. The molecule has 0 saturated carbocycles. The highest BCUT2D eigenvalue weighted by molar-refractivity contribution is 6.08. The number of likely N-dealkylation sites (tertiary alicyclic amines) is 1. The molecule has 2 aliphatic rings. The average molecular weight is 350 g/mol. The lowest BCUT2D eigenvalue weighted by molar-refractivity contribution is 0.193. The number of amides is 2. The first kappa shape index (κ1) is 15.4. The molecule has 1 fully saturated rings. The van der Waals surface area contributed by atoms with E-state index in [1.54, 1.807) is 0 Å². The van der Waals surface area contributed by atoms with Crippen LogP contribution >= 0.6 is 0 Å². The van der Waals surface area contributed by atoms with Crippen LogP contribution in [0.15, 0.2) is 24.3 Å². The molecule has 4 heterocycles. The minimum Gasteiger partial charge on any atom is -0.382 e. The van der Waals surface area contributed by atoms with Crippen molar-refractivity contribution in [2.45, 2.75) is 32.2 Å². The Kier molecular flexibility index (Phi) is 3.32. The monoisotopic (exact) mass is 350 g/mol. The summed E-state index contributed by atoms with van der Waals surface area (Å²) in [7, 11) is 0. The summed E-state index contributed by atoms with van der Waals surface area (Å²) in [6.45, 7) is 4.43. The van der Waals surface area contributed by atoms with Gasteiger partial charge in [0, 0.05) is 18.5 Å². The van der Waals surface area contributed by atoms with Gasteiger partial charge in [0.2, 0.25) is 5.95 Å². The summed E-state index contributed by atoms with van der Waals surface area (Å²) < 4.78 is 2.15. The molecule has 26 heavy (non-hydrogen) atoms. The van der Waals surface area contributed by atoms with Gasteiger partial charge in [-0.1, -0.05) is 18.2 Å². The Morgan fingerprint density at radius 2 is 1.92 bits per heavy atom. The normalized spacial score (nSPS) is 20.1. The van der Waals surface area contributed by atoms with Crippen LogP contribution in [0, 0.1) is 0 Å². The van der Waals surface area contributed by atoms with Crippen molar-refractivity contribution in [3.8, 4) is 0 Å². The lowest BCUT2D eigenvalue weighted by Gasteiger charge is -2.30. The van der Waals surface area contributed by atoms with Crippen molar-refractivity contribution in [2.75, 3.05) is 30.3 Å². The van der Waals surface area contributed by atoms with Gasteiger partial charge in [0.25, 0.3) is 0 Å². The standard InChI is InChI=1S/C19H22N6O/c1-12-11-24(19(26)23-9-5-2-6-10-23)18-22-15-16(25(12)18)13-7-3-4-8-14(13)21-17(15)20/h3-4,7-8,12H,2,5-6,9-11H2,1H3,(H2,20,21). The van der Waals surface area contributed by atoms with E-state index in [0.717, 1.165) is 42.4 Å². The quantitative estimate of drug-likeness (QED) is 0.675. The molecule has 0 spiro atoms. The fourth-order valence-corrected chi connectivity index (χ4v) is 4.27. The number of anilines is 2. The number of para-hydroxylation sites is 1. The van der Waals surface area contributed by atoms with E-state index in [1.165, 1.54) is 6.42 Å². The van der Waals surface area contributed by atoms with Crippen molar-refractivity contribution < 1.29 is 4.79 Å². The summed E-state index contributed by atoms with van der Waals surface area (Å²) in [5.74, 6) is 1.10. The number of piperidine rings is 1. The highest BCUT2D eigenvalue weighted by Gasteiger charge is 2.36. The zero-order valence-electron chi connectivity index (χ0n) is 14.9. The molecule has 2 aliphatic heterocycles. The van der Waals surface area contributed by atoms with Gasteiger partial charge in [-0.15, -0.1) is 0 Å². The summed E-state index contributed by atoms with van der Waals surface area (Å²) in [6, 6.07) is 8.16. The van der Waals surface area contributed by atoms with Gasteiger partial charge < -0.3 is 15.2 Å². The van der Waals surface area contributed by atoms with Crippen molar-refractivity contribution >= 4 is 39.7 Å². The van der Waals surface area contributed by atoms with E-state index < -0.39 is 0 Å². The number of nitrogens with zero attached hydrogens (tertiary/aromatic N) is 5. The Balaban J connectivity index is 1.68. The van der Waals surface area contributed by atoms with Crippen LogP contribution in [-0.2, 0) is 0 Å². The predicted molar refractivity (Wildman–Crippen MR) is 102 cm³/mol. The van der Waals surface area contributed by atoms with Gasteiger partial charge in [-0.2, -0.15) is 0 Å². The second-order valence-electron chi connectivity index (χ2n) is 7.28. The van der Waals surface area contributed by atoms with E-state index in [1.807, 2.05) is 34.1 Å². The molecule has 1 atom stereocenters. The molecule has 1 saturated heterocycles. The van der Waals surface area contributed by atoms with Crippen molar-refractivity contribution in [2.24, 2.45) is 0 Å². The van der Waals surface area contributed by atoms with Gasteiger partial charge >= 0.3 is 6.03 Å². The van der Waals surface area contributed by atoms with E-state index >= 15 is 0 Å². The molecule has 1 unspecified atom stereocenters. The van der Waals surface area contributed by atoms with Crippen molar-refractivity contribution in [1.82, 2.24) is 19.4 Å². The van der Waals surface area contributed by atoms with Gasteiger partial charge in [0.1, 0.15) is 5.52 Å². The van der Waals surface area contributed by atoms with Crippen LogP contribution in [0.5, 0.6) is 0 Å². The number of nitrogen functional groups attached to an aromatic ring is 1. The molecule has 7 heteroatoms. The second-order valence-corrected chi connectivity index (χ2v) is 7.28. The van der Waals surface area contributed by atoms with Crippen LogP contribution in [0.2, 0.25) is 0 Å². The number of urea groups is 1. The zero-order valence-corrected chi connectivity index (χ0v) is 14.9. The number of benzene rings is 1. The topological polar surface area (TPSA) is 80.3 Å². The minimum absolute atomic E-state index is 0.0569. The largest absolute Gasteiger partial charge is 0.382 e. The zero-order chi connectivity index (χ0) is 17.8. The number of pyridine rings is 1. The third-order valence-corrected chi connectivity index (χ3v) is 5.52. The first-order valence-electron chi connectivity index (χ1n) is 9.28. The van der Waals surface area contributed by atoms with Gasteiger partial charge in [-0.25, -0.2) is 14.8 Å². The number of nitrogens with two attached hydrogens (primary N) is 1. The van der Waals surface area contributed by atoms with Crippen LogP contribution in [0.4, 0.5) is 16.6 Å². The summed E-state index contributed by atoms with van der Waals surface area (Å²) in [5.41, 5.74) is 8.71. The van der Waals surface area contributed by atoms with Crippen molar-refractivity contribution in [1.29, 1.82) is 0 Å². The molecule has 1 aromatic carbocycles. The molecule has 0 aliphatic carbocycles. The summed E-state index contributed by atoms with van der Waals surface area (Å²) in [6.07, 6.45) is 3.35. The number of hydrogen-bond acceptors (Lipinski definition) is 4. The van der Waals surface area contributed by atoms with E-state index in [-0.39, 0.29) is 12.1 Å². The Morgan fingerprint density at radius 1 is 1.15 bits per heavy atom. The van der Waals surface area contributed by atoms with Crippen LogP contribution in [0.1, 0.15) is 32.2 Å². The molecule has 2 N–H and O–H groups in total. The number of imidazole rings is 1. The maximum Gasteiger partial charge on any atom is 0.326 e. The lowest BCUT2D eigenvalue weighted by atomic mass is 10.1. The molecular weight excluding hydrogens is 328 g/mol. The van der Waals surface area contributed by atoms with Crippen LogP contribution in [0.25, 0.3) is 21.9 Å².